The molecule has 1 rings (SSSR count). The summed E-state index contributed by atoms with van der Waals surface area (Å²) in [5.41, 5.74) is 1.10. The van der Waals surface area contributed by atoms with Crippen molar-refractivity contribution >= 4 is 0 Å². The van der Waals surface area contributed by atoms with Gasteiger partial charge in [-0.25, -0.2) is 0 Å². The highest BCUT2D eigenvalue weighted by Crippen LogP contribution is 2.25. The van der Waals surface area contributed by atoms with Gasteiger partial charge in [-0.1, -0.05) is 75.8 Å². The fraction of sp³-hybridized carbons (Fsp3) is 0.583. The molecule has 2 N–H and O–H groups in total. The highest BCUT2D eigenvalue weighted by molar-refractivity contribution is 5.40. The smallest absolute Gasteiger partial charge is 0.157 e. The molecule has 0 aliphatic heterocycles. The third kappa shape index (κ3) is 11.8. The lowest BCUT2D eigenvalue weighted by molar-refractivity contribution is 0.403. The van der Waals surface area contributed by atoms with Gasteiger partial charge in [-0.05, 0) is 62.6 Å². The van der Waals surface area contributed by atoms with E-state index in [9.17, 15) is 10.2 Å². The number of rotatable bonds is 15. The largest absolute Gasteiger partial charge is 0.504 e. The van der Waals surface area contributed by atoms with Crippen molar-refractivity contribution in [2.45, 2.75) is 90.4 Å². The van der Waals surface area contributed by atoms with E-state index in [1.165, 1.54) is 64.2 Å². The highest BCUT2D eigenvalue weighted by atomic mass is 16.3. The second-order valence-corrected chi connectivity index (χ2v) is 7.16. The van der Waals surface area contributed by atoms with E-state index in [1.54, 1.807) is 12.1 Å². The van der Waals surface area contributed by atoms with Gasteiger partial charge in [0.1, 0.15) is 0 Å². The van der Waals surface area contributed by atoms with Gasteiger partial charge < -0.3 is 10.2 Å². The lowest BCUT2D eigenvalue weighted by Crippen LogP contribution is -1.86. The number of phenols is 2. The zero-order chi connectivity index (χ0) is 18.9. The molecule has 0 bridgehead atoms. The van der Waals surface area contributed by atoms with Gasteiger partial charge in [0, 0.05) is 0 Å². The van der Waals surface area contributed by atoms with Crippen molar-refractivity contribution in [1.29, 1.82) is 0 Å². The first-order chi connectivity index (χ1) is 12.7. The first-order valence-electron chi connectivity index (χ1n) is 10.5. The van der Waals surface area contributed by atoms with Gasteiger partial charge in [0.2, 0.25) is 0 Å². The number of phenolic OH excluding ortho intramolecular Hbond substituents is 2. The topological polar surface area (TPSA) is 40.5 Å². The molecule has 0 amide bonds. The van der Waals surface area contributed by atoms with E-state index in [0.717, 1.165) is 24.8 Å². The summed E-state index contributed by atoms with van der Waals surface area (Å²) in [5, 5.41) is 18.8. The van der Waals surface area contributed by atoms with Crippen LogP contribution < -0.4 is 0 Å². The van der Waals surface area contributed by atoms with E-state index < -0.39 is 0 Å². The van der Waals surface area contributed by atoms with E-state index in [4.69, 9.17) is 0 Å². The molecule has 1 aromatic carbocycles. The summed E-state index contributed by atoms with van der Waals surface area (Å²) in [5.74, 6) is -0.0478. The predicted octanol–water partition coefficient (Wildman–Crippen LogP) is 7.45. The molecule has 0 radical (unpaired) electrons. The Labute approximate surface area is 160 Å². The van der Waals surface area contributed by atoms with Crippen molar-refractivity contribution in [3.8, 4) is 11.5 Å². The Balaban J connectivity index is 1.88. The Morgan fingerprint density at radius 3 is 1.96 bits per heavy atom. The molecule has 0 heterocycles. The van der Waals surface area contributed by atoms with Crippen molar-refractivity contribution < 1.29 is 10.2 Å². The average Bonchev–Trinajstić information content (AvgIpc) is 2.64. The van der Waals surface area contributed by atoms with Crippen LogP contribution in [0.4, 0.5) is 0 Å². The minimum absolute atomic E-state index is 0.0115. The molecular weight excluding hydrogens is 320 g/mol. The normalized spacial score (nSPS) is 11.7. The van der Waals surface area contributed by atoms with Crippen molar-refractivity contribution in [3.05, 3.63) is 48.1 Å². The number of unbranched alkanes of at least 4 members (excludes halogenated alkanes) is 9. The zero-order valence-electron chi connectivity index (χ0n) is 16.6. The molecule has 2 nitrogen and oxygen atoms in total. The molecule has 0 saturated carbocycles. The van der Waals surface area contributed by atoms with Gasteiger partial charge in [0.05, 0.1) is 0 Å². The molecule has 0 aliphatic rings. The molecule has 0 aromatic heterocycles. The number of allylic oxidation sites excluding steroid dienone is 4. The Hall–Kier alpha value is -1.70. The number of hydrogen-bond acceptors (Lipinski definition) is 2. The Morgan fingerprint density at radius 2 is 1.31 bits per heavy atom. The van der Waals surface area contributed by atoms with E-state index in [1.807, 2.05) is 6.07 Å². The molecule has 1 aromatic rings. The lowest BCUT2D eigenvalue weighted by Gasteiger charge is -2.04. The lowest BCUT2D eigenvalue weighted by atomic mass is 10.0. The monoisotopic (exact) mass is 358 g/mol. The third-order valence-electron chi connectivity index (χ3n) is 4.71. The van der Waals surface area contributed by atoms with Crippen LogP contribution in [0.5, 0.6) is 11.5 Å². The molecule has 2 heteroatoms. The van der Waals surface area contributed by atoms with Gasteiger partial charge in [-0.2, -0.15) is 0 Å². The Kier molecular flexibility index (Phi) is 13.4. The quantitative estimate of drug-likeness (QED) is 0.194. The van der Waals surface area contributed by atoms with Gasteiger partial charge in [0.25, 0.3) is 0 Å². The van der Waals surface area contributed by atoms with Crippen LogP contribution in [0.25, 0.3) is 0 Å². The van der Waals surface area contributed by atoms with Crippen molar-refractivity contribution in [3.63, 3.8) is 0 Å². The fourth-order valence-corrected chi connectivity index (χ4v) is 3.04. The van der Waals surface area contributed by atoms with Gasteiger partial charge in [-0.15, -0.1) is 0 Å². The summed E-state index contributed by atoms with van der Waals surface area (Å²) >= 11 is 0. The first-order valence-corrected chi connectivity index (χ1v) is 10.5. The van der Waals surface area contributed by atoms with E-state index >= 15 is 0 Å². The van der Waals surface area contributed by atoms with Crippen LogP contribution in [-0.4, -0.2) is 10.2 Å². The Bertz CT molecular complexity index is 517. The minimum Gasteiger partial charge on any atom is -0.504 e. The van der Waals surface area contributed by atoms with E-state index in [-0.39, 0.29) is 11.5 Å². The van der Waals surface area contributed by atoms with Crippen LogP contribution >= 0.6 is 0 Å². The van der Waals surface area contributed by atoms with Crippen LogP contribution in [0.2, 0.25) is 0 Å². The Morgan fingerprint density at radius 1 is 0.692 bits per heavy atom. The SMILES string of the molecule is CCCCC/C=C/C/C=C/CCCCCCCCc1ccc(O)c(O)c1. The first kappa shape index (κ1) is 22.3. The highest BCUT2D eigenvalue weighted by Gasteiger charge is 2.00. The van der Waals surface area contributed by atoms with Gasteiger partial charge in [0.15, 0.2) is 11.5 Å². The maximum atomic E-state index is 9.48. The third-order valence-corrected chi connectivity index (χ3v) is 4.71. The number of benzene rings is 1. The zero-order valence-corrected chi connectivity index (χ0v) is 16.6. The standard InChI is InChI=1S/C24H38O2/c1-2-3-4-5-6-7-8-9-10-11-12-13-14-15-16-17-18-22-19-20-23(25)24(26)21-22/h6-7,9-10,19-21,25-26H,2-5,8,11-18H2,1H3/b7-6+,10-9+. The molecule has 0 atom stereocenters. The number of aryl methyl sites for hydroxylation is 1. The maximum Gasteiger partial charge on any atom is 0.157 e. The second-order valence-electron chi connectivity index (χ2n) is 7.16. The second kappa shape index (κ2) is 15.5. The van der Waals surface area contributed by atoms with Crippen LogP contribution in [-0.2, 0) is 6.42 Å². The maximum absolute atomic E-state index is 9.48. The molecule has 0 unspecified atom stereocenters. The van der Waals surface area contributed by atoms with Crippen LogP contribution in [0.15, 0.2) is 42.5 Å². The van der Waals surface area contributed by atoms with Crippen LogP contribution in [0, 0.1) is 0 Å². The molecule has 26 heavy (non-hydrogen) atoms. The van der Waals surface area contributed by atoms with Crippen molar-refractivity contribution in [2.24, 2.45) is 0 Å². The van der Waals surface area contributed by atoms with Crippen LogP contribution in [0.3, 0.4) is 0 Å². The summed E-state index contributed by atoms with van der Waals surface area (Å²) < 4.78 is 0. The van der Waals surface area contributed by atoms with Crippen molar-refractivity contribution in [2.75, 3.05) is 0 Å². The van der Waals surface area contributed by atoms with Crippen molar-refractivity contribution in [1.82, 2.24) is 0 Å². The van der Waals surface area contributed by atoms with Gasteiger partial charge >= 0.3 is 0 Å². The molecule has 0 fully saturated rings. The molecule has 0 aliphatic carbocycles. The fourth-order valence-electron chi connectivity index (χ4n) is 3.04. The summed E-state index contributed by atoms with van der Waals surface area (Å²) in [4.78, 5) is 0. The van der Waals surface area contributed by atoms with E-state index in [0.29, 0.717) is 0 Å². The van der Waals surface area contributed by atoms with E-state index in [2.05, 4.69) is 31.2 Å². The number of hydrogen-bond donors (Lipinski definition) is 2. The molecule has 146 valence electrons. The molecule has 0 spiro atoms. The summed E-state index contributed by atoms with van der Waals surface area (Å²) in [6.45, 7) is 2.25. The summed E-state index contributed by atoms with van der Waals surface area (Å²) in [6.07, 6.45) is 25.3. The van der Waals surface area contributed by atoms with Gasteiger partial charge in [-0.3, -0.25) is 0 Å². The summed E-state index contributed by atoms with van der Waals surface area (Å²) in [6, 6.07) is 5.13. The molecule has 0 saturated heterocycles. The minimum atomic E-state index is -0.0363. The predicted molar refractivity (Wildman–Crippen MR) is 113 cm³/mol. The summed E-state index contributed by atoms with van der Waals surface area (Å²) in [7, 11) is 0. The number of aromatic hydroxyl groups is 2. The average molecular weight is 359 g/mol. The van der Waals surface area contributed by atoms with Crippen LogP contribution in [0.1, 0.15) is 89.5 Å². The molecular formula is C24H38O2.